The van der Waals surface area contributed by atoms with E-state index in [1.165, 1.54) is 4.90 Å². The van der Waals surface area contributed by atoms with Gasteiger partial charge in [-0.3, -0.25) is 20.2 Å². The second-order valence-corrected chi connectivity index (χ2v) is 11.3. The van der Waals surface area contributed by atoms with E-state index in [-0.39, 0.29) is 18.2 Å². The highest BCUT2D eigenvalue weighted by atomic mass is 16.6. The number of nitro groups is 2. The predicted molar refractivity (Wildman–Crippen MR) is 179 cm³/mol. The highest BCUT2D eigenvalue weighted by Crippen LogP contribution is 2.17. The lowest BCUT2D eigenvalue weighted by molar-refractivity contribution is -0.406. The summed E-state index contributed by atoms with van der Waals surface area (Å²) in [5.74, 6) is 1.75. The number of hydrogen-bond donors (Lipinski definition) is 3. The maximum absolute atomic E-state index is 11.6. The molecule has 0 aliphatic heterocycles. The van der Waals surface area contributed by atoms with Crippen LogP contribution in [0.3, 0.4) is 0 Å². The summed E-state index contributed by atoms with van der Waals surface area (Å²) >= 11 is 0. The average molecular weight is 643 g/mol. The van der Waals surface area contributed by atoms with E-state index in [0.717, 1.165) is 48.1 Å². The fraction of sp³-hybridized carbons (Fsp3) is 0.500. The van der Waals surface area contributed by atoms with Crippen LogP contribution in [-0.4, -0.2) is 92.1 Å². The minimum atomic E-state index is -0.576. The standard InChI is InChI=1S/C32H50N8O6/c1-36(2)23-27-11-7-13-29(21-27)45-19-9-16-34-31(25-39(41)42)38(18-6-5-15-33)32(26-40(43)44)35-17-10-20-46-30-14-8-12-28(22-30)24-37(3)4/h7-8,11-14,21-22,25-26,34-35H,5-6,9-10,15-20,23-24,33H2,1-4H3. The van der Waals surface area contributed by atoms with Crippen molar-refractivity contribution in [1.29, 1.82) is 0 Å². The Kier molecular flexibility index (Phi) is 17.5. The Hall–Kier alpha value is -4.40. The first-order valence-electron chi connectivity index (χ1n) is 15.5. The third kappa shape index (κ3) is 16.1. The maximum Gasteiger partial charge on any atom is 0.274 e. The van der Waals surface area contributed by atoms with Gasteiger partial charge < -0.3 is 40.5 Å². The van der Waals surface area contributed by atoms with Gasteiger partial charge in [0.2, 0.25) is 0 Å². The average Bonchev–Trinajstić information content (AvgIpc) is 2.97. The van der Waals surface area contributed by atoms with E-state index in [0.29, 0.717) is 58.5 Å². The summed E-state index contributed by atoms with van der Waals surface area (Å²) < 4.78 is 11.8. The Balaban J connectivity index is 2.03. The van der Waals surface area contributed by atoms with Crippen molar-refractivity contribution >= 4 is 0 Å². The number of rotatable bonds is 24. The van der Waals surface area contributed by atoms with Crippen molar-refractivity contribution in [2.75, 3.05) is 67.6 Å². The molecule has 14 heteroatoms. The number of unbranched alkanes of at least 4 members (excludes halogenated alkanes) is 1. The van der Waals surface area contributed by atoms with Crippen LogP contribution in [0, 0.1) is 20.2 Å². The zero-order valence-corrected chi connectivity index (χ0v) is 27.5. The molecule has 0 saturated heterocycles. The topological polar surface area (TPSA) is 165 Å². The molecule has 2 aromatic rings. The highest BCUT2D eigenvalue weighted by molar-refractivity contribution is 5.29. The van der Waals surface area contributed by atoms with Crippen LogP contribution < -0.4 is 25.8 Å². The summed E-state index contributed by atoms with van der Waals surface area (Å²) in [5, 5.41) is 29.4. The lowest BCUT2D eigenvalue weighted by Crippen LogP contribution is -2.39. The van der Waals surface area contributed by atoms with Crippen LogP contribution in [-0.2, 0) is 13.1 Å². The van der Waals surface area contributed by atoms with Crippen LogP contribution in [0.15, 0.2) is 72.6 Å². The lowest BCUT2D eigenvalue weighted by Gasteiger charge is -2.28. The second-order valence-electron chi connectivity index (χ2n) is 11.3. The van der Waals surface area contributed by atoms with Gasteiger partial charge in [-0.25, -0.2) is 0 Å². The molecule has 2 aromatic carbocycles. The van der Waals surface area contributed by atoms with Crippen LogP contribution in [0.5, 0.6) is 11.5 Å². The Bertz CT molecular complexity index is 1180. The van der Waals surface area contributed by atoms with Gasteiger partial charge in [0, 0.05) is 32.7 Å². The summed E-state index contributed by atoms with van der Waals surface area (Å²) in [6.07, 6.45) is 3.95. The minimum absolute atomic E-state index is 0.129. The minimum Gasteiger partial charge on any atom is -0.494 e. The zero-order chi connectivity index (χ0) is 33.7. The van der Waals surface area contributed by atoms with E-state index in [2.05, 4.69) is 20.4 Å². The quantitative estimate of drug-likeness (QED) is 0.0870. The first-order valence-corrected chi connectivity index (χ1v) is 15.5. The third-order valence-electron chi connectivity index (χ3n) is 6.46. The molecular weight excluding hydrogens is 592 g/mol. The molecule has 14 nitrogen and oxygen atoms in total. The number of nitrogens with two attached hydrogens (primary N) is 1. The monoisotopic (exact) mass is 642 g/mol. The van der Waals surface area contributed by atoms with E-state index >= 15 is 0 Å². The fourth-order valence-corrected chi connectivity index (χ4v) is 4.56. The van der Waals surface area contributed by atoms with Crippen LogP contribution in [0.4, 0.5) is 0 Å². The van der Waals surface area contributed by atoms with E-state index in [9.17, 15) is 20.2 Å². The number of nitrogens with one attached hydrogen (secondary N) is 2. The molecule has 254 valence electrons. The van der Waals surface area contributed by atoms with Crippen molar-refractivity contribution in [3.8, 4) is 11.5 Å². The molecular formula is C32H50N8O6. The molecule has 0 radical (unpaired) electrons. The molecule has 0 saturated carbocycles. The Labute approximate surface area is 272 Å². The molecule has 0 unspecified atom stereocenters. The highest BCUT2D eigenvalue weighted by Gasteiger charge is 2.20. The maximum atomic E-state index is 11.6. The van der Waals surface area contributed by atoms with Crippen molar-refractivity contribution in [2.24, 2.45) is 5.73 Å². The van der Waals surface area contributed by atoms with Gasteiger partial charge in [-0.05, 0) is 95.8 Å². The number of hydrogen-bond acceptors (Lipinski definition) is 12. The van der Waals surface area contributed by atoms with Crippen LogP contribution in [0.25, 0.3) is 0 Å². The molecule has 0 atom stereocenters. The van der Waals surface area contributed by atoms with Gasteiger partial charge in [0.15, 0.2) is 11.6 Å². The fourth-order valence-electron chi connectivity index (χ4n) is 4.56. The van der Waals surface area contributed by atoms with Crippen LogP contribution in [0.1, 0.15) is 36.8 Å². The van der Waals surface area contributed by atoms with Crippen LogP contribution >= 0.6 is 0 Å². The zero-order valence-electron chi connectivity index (χ0n) is 27.5. The number of nitrogens with zero attached hydrogens (tertiary/aromatic N) is 5. The summed E-state index contributed by atoms with van der Waals surface area (Å²) in [5.41, 5.74) is 7.95. The molecule has 46 heavy (non-hydrogen) atoms. The van der Waals surface area contributed by atoms with Gasteiger partial charge in [0.05, 0.1) is 23.1 Å². The van der Waals surface area contributed by atoms with E-state index in [4.69, 9.17) is 15.2 Å². The Morgan fingerprint density at radius 3 is 1.61 bits per heavy atom. The molecule has 4 N–H and O–H groups in total. The largest absolute Gasteiger partial charge is 0.494 e. The molecule has 0 fully saturated rings. The summed E-state index contributed by atoms with van der Waals surface area (Å²) in [6, 6.07) is 15.7. The van der Waals surface area contributed by atoms with Gasteiger partial charge in [0.1, 0.15) is 11.5 Å². The van der Waals surface area contributed by atoms with Crippen molar-refractivity contribution in [2.45, 2.75) is 38.8 Å². The van der Waals surface area contributed by atoms with Crippen molar-refractivity contribution < 1.29 is 19.3 Å². The molecule has 0 aromatic heterocycles. The van der Waals surface area contributed by atoms with Gasteiger partial charge in [-0.1, -0.05) is 24.3 Å². The molecule has 0 amide bonds. The van der Waals surface area contributed by atoms with Gasteiger partial charge >= 0.3 is 0 Å². The molecule has 0 spiro atoms. The Morgan fingerprint density at radius 1 is 0.761 bits per heavy atom. The van der Waals surface area contributed by atoms with Crippen LogP contribution in [0.2, 0.25) is 0 Å². The van der Waals surface area contributed by atoms with Gasteiger partial charge in [-0.2, -0.15) is 0 Å². The SMILES string of the molecule is CN(C)Cc1cccc(OCCCNC(=C[N+](=O)[O-])N(CCCCN)C(=C[N+](=O)[O-])NCCCOc2cccc(CN(C)C)c2)c1. The van der Waals surface area contributed by atoms with Crippen molar-refractivity contribution in [3.63, 3.8) is 0 Å². The molecule has 0 aliphatic rings. The molecule has 0 bridgehead atoms. The first-order chi connectivity index (χ1) is 22.1. The van der Waals surface area contributed by atoms with E-state index in [1.54, 1.807) is 0 Å². The third-order valence-corrected chi connectivity index (χ3v) is 6.46. The summed E-state index contributed by atoms with van der Waals surface area (Å²) in [4.78, 5) is 27.7. The first kappa shape index (κ1) is 37.8. The van der Waals surface area contributed by atoms with Gasteiger partial charge in [-0.15, -0.1) is 0 Å². The molecule has 0 aliphatic carbocycles. The molecule has 0 heterocycles. The molecule has 2 rings (SSSR count). The number of ether oxygens (including phenoxy) is 2. The normalized spacial score (nSPS) is 11.9. The van der Waals surface area contributed by atoms with Gasteiger partial charge in [0.25, 0.3) is 12.4 Å². The summed E-state index contributed by atoms with van der Waals surface area (Å²) in [7, 11) is 7.99. The predicted octanol–water partition coefficient (Wildman–Crippen LogP) is 3.42. The van der Waals surface area contributed by atoms with Crippen molar-refractivity contribution in [3.05, 3.63) is 104 Å². The summed E-state index contributed by atoms with van der Waals surface area (Å²) in [6.45, 7) is 3.74. The Morgan fingerprint density at radius 2 is 1.22 bits per heavy atom. The lowest BCUT2D eigenvalue weighted by atomic mass is 10.2. The second kappa shape index (κ2) is 21.4. The smallest absolute Gasteiger partial charge is 0.274 e. The van der Waals surface area contributed by atoms with E-state index in [1.807, 2.05) is 76.7 Å². The van der Waals surface area contributed by atoms with E-state index < -0.39 is 9.85 Å². The van der Waals surface area contributed by atoms with Crippen molar-refractivity contribution in [1.82, 2.24) is 25.3 Å². The number of benzene rings is 2.